The minimum Gasteiger partial charge on any atom is -0.0826 e. The minimum absolute atomic E-state index is 1.17. The first-order valence-electron chi connectivity index (χ1n) is 13.2. The van der Waals surface area contributed by atoms with Crippen LogP contribution >= 0.6 is 12.1 Å². The standard InChI is InChI=1S/C36H28P2S2/c39-37(31-13-5-1-6-14-31,32-15-7-2-8-16-32)35-25-21-29(22-26-35)30-23-27-36(28-24-30)38(40,33-17-9-3-10-18-33)34-19-11-4-12-20-34/h1-28H. The highest BCUT2D eigenvalue weighted by Gasteiger charge is 2.26. The second kappa shape index (κ2) is 11.6. The number of rotatable bonds is 7. The molecule has 0 N–H and O–H groups in total. The Kier molecular flexibility index (Phi) is 7.79. The fourth-order valence-corrected chi connectivity index (χ4v) is 12.7. The molecule has 0 aliphatic rings. The van der Waals surface area contributed by atoms with Gasteiger partial charge < -0.3 is 0 Å². The predicted octanol–water partition coefficient (Wildman–Crippen LogP) is 6.87. The SMILES string of the molecule is S=P(c1ccccc1)(c1ccccc1)c1ccc(-c2ccc(P(=S)(c3ccccc3)c3ccccc3)cc2)cc1. The first-order chi connectivity index (χ1) is 19.6. The molecule has 0 atom stereocenters. The van der Waals surface area contributed by atoms with Gasteiger partial charge in [0.05, 0.1) is 0 Å². The first kappa shape index (κ1) is 26.8. The van der Waals surface area contributed by atoms with Crippen molar-refractivity contribution in [2.45, 2.75) is 0 Å². The zero-order valence-electron chi connectivity index (χ0n) is 21.9. The van der Waals surface area contributed by atoms with E-state index in [4.69, 9.17) is 23.6 Å². The maximum Gasteiger partial charge on any atom is 0.0379 e. The van der Waals surface area contributed by atoms with E-state index in [0.29, 0.717) is 0 Å². The molecule has 0 amide bonds. The van der Waals surface area contributed by atoms with E-state index in [-0.39, 0.29) is 0 Å². The zero-order valence-corrected chi connectivity index (χ0v) is 25.3. The minimum atomic E-state index is -2.16. The highest BCUT2D eigenvalue weighted by molar-refractivity contribution is 8.26. The number of hydrogen-bond donors (Lipinski definition) is 0. The van der Waals surface area contributed by atoms with Crippen LogP contribution in [0.1, 0.15) is 0 Å². The molecule has 0 heterocycles. The predicted molar refractivity (Wildman–Crippen MR) is 184 cm³/mol. The van der Waals surface area contributed by atoms with Gasteiger partial charge in [0.2, 0.25) is 0 Å². The summed E-state index contributed by atoms with van der Waals surface area (Å²) in [6.45, 7) is 0. The van der Waals surface area contributed by atoms with E-state index >= 15 is 0 Å². The van der Waals surface area contributed by atoms with Crippen molar-refractivity contribution in [2.24, 2.45) is 0 Å². The van der Waals surface area contributed by atoms with Crippen LogP contribution in [0.3, 0.4) is 0 Å². The number of hydrogen-bond acceptors (Lipinski definition) is 2. The molecular formula is C36H28P2S2. The summed E-state index contributed by atoms with van der Waals surface area (Å²) in [4.78, 5) is 0. The number of benzene rings is 6. The van der Waals surface area contributed by atoms with E-state index in [9.17, 15) is 0 Å². The first-order valence-corrected chi connectivity index (χ1v) is 18.8. The second-order valence-corrected chi connectivity index (χ2v) is 18.5. The lowest BCUT2D eigenvalue weighted by Crippen LogP contribution is -2.24. The molecule has 0 nitrogen and oxygen atoms in total. The van der Waals surface area contributed by atoms with Gasteiger partial charge in [-0.25, -0.2) is 0 Å². The van der Waals surface area contributed by atoms with Crippen LogP contribution in [0.4, 0.5) is 0 Å². The van der Waals surface area contributed by atoms with Gasteiger partial charge in [-0.1, -0.05) is 193 Å². The van der Waals surface area contributed by atoms with Gasteiger partial charge in [-0.15, -0.1) is 0 Å². The molecule has 4 heteroatoms. The Morgan fingerprint density at radius 1 is 0.250 bits per heavy atom. The molecule has 0 radical (unpaired) electrons. The Morgan fingerprint density at radius 3 is 0.675 bits per heavy atom. The lowest BCUT2D eigenvalue weighted by atomic mass is 10.1. The molecule has 0 spiro atoms. The average Bonchev–Trinajstić information content (AvgIpc) is 3.06. The fraction of sp³-hybridized carbons (Fsp3) is 0. The van der Waals surface area contributed by atoms with Gasteiger partial charge in [0.15, 0.2) is 0 Å². The van der Waals surface area contributed by atoms with Crippen molar-refractivity contribution in [1.29, 1.82) is 0 Å². The quantitative estimate of drug-likeness (QED) is 0.188. The molecule has 0 unspecified atom stereocenters. The van der Waals surface area contributed by atoms with Crippen LogP contribution < -0.4 is 31.8 Å². The Morgan fingerprint density at radius 2 is 0.450 bits per heavy atom. The van der Waals surface area contributed by atoms with E-state index in [2.05, 4.69) is 170 Å². The van der Waals surface area contributed by atoms with E-state index in [0.717, 1.165) is 0 Å². The van der Waals surface area contributed by atoms with Crippen molar-refractivity contribution in [3.63, 3.8) is 0 Å². The maximum absolute atomic E-state index is 6.52. The summed E-state index contributed by atoms with van der Waals surface area (Å²) in [6.07, 6.45) is 0. The smallest absolute Gasteiger partial charge is 0.0379 e. The summed E-state index contributed by atoms with van der Waals surface area (Å²) < 4.78 is 0. The molecule has 40 heavy (non-hydrogen) atoms. The van der Waals surface area contributed by atoms with Crippen LogP contribution in [0, 0.1) is 0 Å². The molecular weight excluding hydrogens is 558 g/mol. The lowest BCUT2D eigenvalue weighted by Gasteiger charge is -2.25. The summed E-state index contributed by atoms with van der Waals surface area (Å²) >= 11 is 13.0. The highest BCUT2D eigenvalue weighted by atomic mass is 32.4. The lowest BCUT2D eigenvalue weighted by molar-refractivity contribution is 1.65. The Labute approximate surface area is 247 Å². The van der Waals surface area contributed by atoms with Crippen LogP contribution in [0.25, 0.3) is 11.1 Å². The van der Waals surface area contributed by atoms with Crippen LogP contribution in [0.2, 0.25) is 0 Å². The average molecular weight is 587 g/mol. The van der Waals surface area contributed by atoms with Gasteiger partial charge in [0, 0.05) is 12.1 Å². The largest absolute Gasteiger partial charge is 0.0826 e. The van der Waals surface area contributed by atoms with Gasteiger partial charge in [0.1, 0.15) is 0 Å². The highest BCUT2D eigenvalue weighted by Crippen LogP contribution is 2.44. The van der Waals surface area contributed by atoms with Gasteiger partial charge in [0.25, 0.3) is 0 Å². The molecule has 194 valence electrons. The monoisotopic (exact) mass is 586 g/mol. The van der Waals surface area contributed by atoms with Gasteiger partial charge in [-0.05, 0) is 43.0 Å². The molecule has 0 aliphatic heterocycles. The third-order valence-electron chi connectivity index (χ3n) is 7.27. The van der Waals surface area contributed by atoms with Crippen molar-refractivity contribution in [3.8, 4) is 11.1 Å². The molecule has 6 aromatic rings. The van der Waals surface area contributed by atoms with Crippen molar-refractivity contribution >= 4 is 67.5 Å². The Hall–Kier alpha value is -3.38. The zero-order chi connectivity index (χ0) is 27.4. The van der Waals surface area contributed by atoms with Crippen LogP contribution in [-0.2, 0) is 23.6 Å². The van der Waals surface area contributed by atoms with Crippen molar-refractivity contribution < 1.29 is 0 Å². The van der Waals surface area contributed by atoms with Crippen LogP contribution in [0.15, 0.2) is 170 Å². The van der Waals surface area contributed by atoms with Gasteiger partial charge in [-0.2, -0.15) is 0 Å². The maximum atomic E-state index is 6.52. The normalized spacial score (nSPS) is 11.7. The third kappa shape index (κ3) is 4.98. The molecule has 6 aromatic carbocycles. The Bertz CT molecular complexity index is 1570. The molecule has 0 saturated heterocycles. The molecule has 6 rings (SSSR count). The van der Waals surface area contributed by atoms with Crippen molar-refractivity contribution in [1.82, 2.24) is 0 Å². The van der Waals surface area contributed by atoms with Crippen molar-refractivity contribution in [2.75, 3.05) is 0 Å². The van der Waals surface area contributed by atoms with Crippen LogP contribution in [-0.4, -0.2) is 0 Å². The fourth-order valence-electron chi connectivity index (χ4n) is 5.17. The summed E-state index contributed by atoms with van der Waals surface area (Å²) in [6, 6.07) is 55.7. The summed E-state index contributed by atoms with van der Waals surface area (Å²) in [5.74, 6) is 0. The van der Waals surface area contributed by atoms with E-state index in [1.807, 2.05) is 0 Å². The van der Waals surface area contributed by atoms with Crippen LogP contribution in [0.5, 0.6) is 0 Å². The molecule has 0 aliphatic carbocycles. The third-order valence-corrected chi connectivity index (χ3v) is 17.2. The van der Waals surface area contributed by atoms with Crippen molar-refractivity contribution in [3.05, 3.63) is 170 Å². The van der Waals surface area contributed by atoms with E-state index in [1.54, 1.807) is 0 Å². The molecule has 0 bridgehead atoms. The summed E-state index contributed by atoms with van der Waals surface area (Å²) in [5, 5.41) is 7.23. The summed E-state index contributed by atoms with van der Waals surface area (Å²) in [5.41, 5.74) is 2.34. The van der Waals surface area contributed by atoms with E-state index < -0.39 is 12.1 Å². The Balaban J connectivity index is 1.37. The van der Waals surface area contributed by atoms with E-state index in [1.165, 1.54) is 43.0 Å². The van der Waals surface area contributed by atoms with Gasteiger partial charge >= 0.3 is 0 Å². The topological polar surface area (TPSA) is 0 Å². The molecule has 0 saturated carbocycles. The second-order valence-electron chi connectivity index (χ2n) is 9.65. The molecule has 0 aromatic heterocycles. The summed E-state index contributed by atoms with van der Waals surface area (Å²) in [7, 11) is 0. The van der Waals surface area contributed by atoms with Gasteiger partial charge in [-0.3, -0.25) is 0 Å². The molecule has 0 fully saturated rings.